The molecule has 0 bridgehead atoms. The second-order valence-electron chi connectivity index (χ2n) is 8.67. The number of fused-ring (bicyclic) bond motifs is 1. The van der Waals surface area contributed by atoms with Gasteiger partial charge in [-0.15, -0.1) is 0 Å². The first-order chi connectivity index (χ1) is 17.1. The Balaban J connectivity index is 1.46. The van der Waals surface area contributed by atoms with Crippen LogP contribution in [0.3, 0.4) is 0 Å². The lowest BCUT2D eigenvalue weighted by Crippen LogP contribution is -2.53. The topological polar surface area (TPSA) is 88.3 Å². The first kappa shape index (κ1) is 25.3. The van der Waals surface area contributed by atoms with Gasteiger partial charge in [0, 0.05) is 25.1 Å². The zero-order valence-electron chi connectivity index (χ0n) is 19.1. The SMILES string of the molecule is N[C@@H](CC(=O)NC1Cc2ncccc2N(Cc2ccc(C(F)(F)F)cc2)C1=O)Cc1ccccc1F. The molecule has 0 spiro atoms. The van der Waals surface area contributed by atoms with E-state index in [4.69, 9.17) is 5.73 Å². The van der Waals surface area contributed by atoms with Gasteiger partial charge >= 0.3 is 6.18 Å². The number of halogens is 4. The van der Waals surface area contributed by atoms with Gasteiger partial charge in [0.25, 0.3) is 0 Å². The predicted molar refractivity (Wildman–Crippen MR) is 125 cm³/mol. The molecule has 1 aromatic heterocycles. The number of anilines is 1. The van der Waals surface area contributed by atoms with Crippen molar-refractivity contribution in [2.75, 3.05) is 4.90 Å². The normalized spacial score (nSPS) is 16.4. The lowest BCUT2D eigenvalue weighted by atomic mass is 9.99. The smallest absolute Gasteiger partial charge is 0.344 e. The number of benzene rings is 2. The van der Waals surface area contributed by atoms with Crippen molar-refractivity contribution in [1.82, 2.24) is 10.3 Å². The summed E-state index contributed by atoms with van der Waals surface area (Å²) in [6.07, 6.45) is -2.70. The maximum Gasteiger partial charge on any atom is 0.416 e. The van der Waals surface area contributed by atoms with Crippen LogP contribution in [0.25, 0.3) is 0 Å². The van der Waals surface area contributed by atoms with E-state index in [2.05, 4.69) is 10.3 Å². The third-order valence-corrected chi connectivity index (χ3v) is 5.96. The molecule has 0 saturated carbocycles. The first-order valence-corrected chi connectivity index (χ1v) is 11.3. The first-order valence-electron chi connectivity index (χ1n) is 11.3. The number of hydrogen-bond acceptors (Lipinski definition) is 4. The summed E-state index contributed by atoms with van der Waals surface area (Å²) in [5.41, 5.74) is 7.26. The van der Waals surface area contributed by atoms with Gasteiger partial charge in [-0.05, 0) is 47.9 Å². The van der Waals surface area contributed by atoms with E-state index >= 15 is 0 Å². The van der Waals surface area contributed by atoms with Crippen molar-refractivity contribution in [1.29, 1.82) is 0 Å². The Hall–Kier alpha value is -3.79. The average Bonchev–Trinajstić information content (AvgIpc) is 2.83. The van der Waals surface area contributed by atoms with E-state index in [1.165, 1.54) is 23.1 Å². The zero-order chi connectivity index (χ0) is 25.9. The van der Waals surface area contributed by atoms with Crippen molar-refractivity contribution in [3.8, 4) is 0 Å². The second-order valence-corrected chi connectivity index (χ2v) is 8.67. The summed E-state index contributed by atoms with van der Waals surface area (Å²) in [6, 6.07) is 12.5. The molecule has 188 valence electrons. The van der Waals surface area contributed by atoms with Crippen LogP contribution in [0.15, 0.2) is 66.9 Å². The van der Waals surface area contributed by atoms with Gasteiger partial charge in [0.1, 0.15) is 11.9 Å². The summed E-state index contributed by atoms with van der Waals surface area (Å²) in [4.78, 5) is 31.7. The summed E-state index contributed by atoms with van der Waals surface area (Å²) < 4.78 is 52.6. The van der Waals surface area contributed by atoms with Crippen LogP contribution in [-0.2, 0) is 35.2 Å². The van der Waals surface area contributed by atoms with E-state index in [1.807, 2.05) is 0 Å². The number of alkyl halides is 3. The number of carbonyl (C=O) groups is 2. The molecule has 0 saturated heterocycles. The Bertz CT molecular complexity index is 1250. The van der Waals surface area contributed by atoms with Gasteiger partial charge in [-0.2, -0.15) is 13.2 Å². The Kier molecular flexibility index (Phi) is 7.35. The fraction of sp³-hybridized carbons (Fsp3) is 0.269. The number of nitrogens with one attached hydrogen (secondary N) is 1. The monoisotopic (exact) mass is 500 g/mol. The number of carbonyl (C=O) groups excluding carboxylic acids is 2. The number of rotatable bonds is 7. The summed E-state index contributed by atoms with van der Waals surface area (Å²) in [5.74, 6) is -1.28. The molecule has 2 heterocycles. The molecule has 1 aliphatic rings. The molecule has 36 heavy (non-hydrogen) atoms. The average molecular weight is 500 g/mol. The van der Waals surface area contributed by atoms with Crippen LogP contribution >= 0.6 is 0 Å². The molecule has 1 aliphatic heterocycles. The van der Waals surface area contributed by atoms with Crippen molar-refractivity contribution in [3.05, 3.63) is 95.1 Å². The van der Waals surface area contributed by atoms with Crippen LogP contribution in [0.4, 0.5) is 23.2 Å². The van der Waals surface area contributed by atoms with Crippen LogP contribution in [-0.4, -0.2) is 28.9 Å². The van der Waals surface area contributed by atoms with Gasteiger partial charge in [-0.1, -0.05) is 30.3 Å². The Morgan fingerprint density at radius 1 is 1.11 bits per heavy atom. The van der Waals surface area contributed by atoms with Crippen LogP contribution in [0, 0.1) is 5.82 Å². The fourth-order valence-corrected chi connectivity index (χ4v) is 4.19. The van der Waals surface area contributed by atoms with Gasteiger partial charge < -0.3 is 16.0 Å². The quantitative estimate of drug-likeness (QED) is 0.484. The minimum atomic E-state index is -4.46. The summed E-state index contributed by atoms with van der Waals surface area (Å²) in [6.45, 7) is 0.00876. The number of nitrogens with two attached hydrogens (primary N) is 1. The predicted octanol–water partition coefficient (Wildman–Crippen LogP) is 3.77. The Labute approximate surface area is 205 Å². The Morgan fingerprint density at radius 3 is 2.53 bits per heavy atom. The molecule has 0 aliphatic carbocycles. The van der Waals surface area contributed by atoms with E-state index in [1.54, 1.807) is 36.5 Å². The van der Waals surface area contributed by atoms with Crippen LogP contribution in [0.5, 0.6) is 0 Å². The molecule has 2 aromatic carbocycles. The van der Waals surface area contributed by atoms with Crippen molar-refractivity contribution in [3.63, 3.8) is 0 Å². The highest BCUT2D eigenvalue weighted by molar-refractivity contribution is 6.01. The number of amides is 2. The number of pyridine rings is 1. The number of aromatic nitrogens is 1. The molecule has 4 rings (SSSR count). The molecule has 2 amide bonds. The third-order valence-electron chi connectivity index (χ3n) is 5.96. The number of hydrogen-bond donors (Lipinski definition) is 2. The molecule has 0 radical (unpaired) electrons. The highest BCUT2D eigenvalue weighted by atomic mass is 19.4. The Morgan fingerprint density at radius 2 is 1.83 bits per heavy atom. The van der Waals surface area contributed by atoms with Crippen LogP contribution in [0.1, 0.15) is 28.8 Å². The number of nitrogens with zero attached hydrogens (tertiary/aromatic N) is 2. The second kappa shape index (κ2) is 10.4. The summed E-state index contributed by atoms with van der Waals surface area (Å²) in [5, 5.41) is 2.69. The maximum absolute atomic E-state index is 13.9. The lowest BCUT2D eigenvalue weighted by molar-refractivity contribution is -0.137. The molecule has 10 heteroatoms. The highest BCUT2D eigenvalue weighted by Gasteiger charge is 2.35. The molecular formula is C26H24F4N4O2. The molecule has 0 fully saturated rings. The van der Waals surface area contributed by atoms with Crippen LogP contribution < -0.4 is 16.0 Å². The van der Waals surface area contributed by atoms with Gasteiger partial charge in [-0.25, -0.2) is 4.39 Å². The van der Waals surface area contributed by atoms with Gasteiger partial charge in [-0.3, -0.25) is 14.6 Å². The van der Waals surface area contributed by atoms with Gasteiger partial charge in [0.05, 0.1) is 23.5 Å². The maximum atomic E-state index is 13.9. The lowest BCUT2D eigenvalue weighted by Gasteiger charge is -2.34. The molecule has 2 atom stereocenters. The summed E-state index contributed by atoms with van der Waals surface area (Å²) >= 11 is 0. The molecule has 6 nitrogen and oxygen atoms in total. The van der Waals surface area contributed by atoms with E-state index in [0.29, 0.717) is 22.5 Å². The van der Waals surface area contributed by atoms with Crippen molar-refractivity contribution in [2.45, 2.75) is 44.1 Å². The van der Waals surface area contributed by atoms with E-state index in [9.17, 15) is 27.2 Å². The highest BCUT2D eigenvalue weighted by Crippen LogP contribution is 2.31. The molecule has 3 N–H and O–H groups in total. The minimum Gasteiger partial charge on any atom is -0.344 e. The molecule has 1 unspecified atom stereocenters. The molecular weight excluding hydrogens is 476 g/mol. The van der Waals surface area contributed by atoms with Gasteiger partial charge in [0.15, 0.2) is 0 Å². The van der Waals surface area contributed by atoms with Crippen molar-refractivity contribution < 1.29 is 27.2 Å². The fourth-order valence-electron chi connectivity index (χ4n) is 4.19. The minimum absolute atomic E-state index is 0.00876. The molecule has 3 aromatic rings. The van der Waals surface area contributed by atoms with Crippen molar-refractivity contribution in [2.24, 2.45) is 5.73 Å². The van der Waals surface area contributed by atoms with Gasteiger partial charge in [0.2, 0.25) is 11.8 Å². The van der Waals surface area contributed by atoms with E-state index in [0.717, 1.165) is 12.1 Å². The summed E-state index contributed by atoms with van der Waals surface area (Å²) in [7, 11) is 0. The van der Waals surface area contributed by atoms with E-state index in [-0.39, 0.29) is 25.8 Å². The van der Waals surface area contributed by atoms with Crippen LogP contribution in [0.2, 0.25) is 0 Å². The third kappa shape index (κ3) is 5.88. The van der Waals surface area contributed by atoms with Crippen molar-refractivity contribution >= 4 is 17.5 Å². The van der Waals surface area contributed by atoms with E-state index < -0.39 is 41.5 Å². The largest absolute Gasteiger partial charge is 0.416 e. The standard InChI is InChI=1S/C26H24F4N4O2/c27-20-5-2-1-4-17(20)12-19(31)13-24(35)33-22-14-21-23(6-3-11-32-21)34(25(22)36)15-16-7-9-18(10-8-16)26(28,29)30/h1-11,19,22H,12-15,31H2,(H,33,35)/t19-,22?/m1/s1. The zero-order valence-corrected chi connectivity index (χ0v) is 19.1.